The van der Waals surface area contributed by atoms with Crippen LogP contribution in [0.3, 0.4) is 0 Å². The average Bonchev–Trinajstić information content (AvgIpc) is 2.91. The summed E-state index contributed by atoms with van der Waals surface area (Å²) >= 11 is 6.02. The zero-order valence-electron chi connectivity index (χ0n) is 14.0. The molecule has 1 aliphatic rings. The molecule has 0 radical (unpaired) electrons. The van der Waals surface area contributed by atoms with E-state index in [9.17, 15) is 9.59 Å². The number of benzene rings is 2. The zero-order chi connectivity index (χ0) is 18.0. The van der Waals surface area contributed by atoms with Gasteiger partial charge in [-0.05, 0) is 23.8 Å². The number of carbonyl (C=O) groups is 2. The molecule has 1 N–H and O–H groups in total. The molecule has 0 aromatic heterocycles. The van der Waals surface area contributed by atoms with Gasteiger partial charge in [0.2, 0.25) is 11.8 Å². The lowest BCUT2D eigenvalue weighted by Crippen LogP contribution is -2.30. The topological polar surface area (TPSA) is 58.6 Å². The van der Waals surface area contributed by atoms with Crippen molar-refractivity contribution in [1.82, 2.24) is 4.90 Å². The first kappa shape index (κ1) is 17.3. The zero-order valence-corrected chi connectivity index (χ0v) is 14.8. The van der Waals surface area contributed by atoms with Gasteiger partial charge in [0.15, 0.2) is 0 Å². The standard InChI is InChI=1S/C19H19ClN2O3/c1-22-17(23)11-14(18(22)12-6-4-3-5-7-12)19(24)21-15-10-13(20)8-9-16(15)25-2/h3-10,14,18H,11H2,1-2H3,(H,21,24)/t14-,18-/m1/s1. The molecule has 1 saturated heterocycles. The Morgan fingerprint density at radius 3 is 2.64 bits per heavy atom. The SMILES string of the molecule is COc1ccc(Cl)cc1NC(=O)[C@@H]1CC(=O)N(C)[C@@H]1c1ccccc1. The number of methoxy groups -OCH3 is 1. The Bertz CT molecular complexity index is 795. The molecule has 1 fully saturated rings. The van der Waals surface area contributed by atoms with Crippen LogP contribution >= 0.6 is 11.6 Å². The number of amides is 2. The first-order valence-corrected chi connectivity index (χ1v) is 8.34. The van der Waals surface area contributed by atoms with Gasteiger partial charge in [-0.2, -0.15) is 0 Å². The fourth-order valence-corrected chi connectivity index (χ4v) is 3.39. The van der Waals surface area contributed by atoms with Crippen LogP contribution in [0.5, 0.6) is 5.75 Å². The van der Waals surface area contributed by atoms with Crippen molar-refractivity contribution in [1.29, 1.82) is 0 Å². The third kappa shape index (κ3) is 3.46. The van der Waals surface area contributed by atoms with E-state index in [4.69, 9.17) is 16.3 Å². The van der Waals surface area contributed by atoms with Gasteiger partial charge < -0.3 is 15.0 Å². The van der Waals surface area contributed by atoms with Gasteiger partial charge in [-0.15, -0.1) is 0 Å². The summed E-state index contributed by atoms with van der Waals surface area (Å²) in [5.41, 5.74) is 1.43. The van der Waals surface area contributed by atoms with Crippen LogP contribution in [0.15, 0.2) is 48.5 Å². The van der Waals surface area contributed by atoms with E-state index < -0.39 is 5.92 Å². The second kappa shape index (κ2) is 7.15. The second-order valence-electron chi connectivity index (χ2n) is 6.00. The van der Waals surface area contributed by atoms with Crippen molar-refractivity contribution >= 4 is 29.1 Å². The molecule has 1 aliphatic heterocycles. The Labute approximate surface area is 151 Å². The summed E-state index contributed by atoms with van der Waals surface area (Å²) in [7, 11) is 3.26. The minimum absolute atomic E-state index is 0.0490. The smallest absolute Gasteiger partial charge is 0.230 e. The van der Waals surface area contributed by atoms with Gasteiger partial charge in [-0.3, -0.25) is 9.59 Å². The van der Waals surface area contributed by atoms with Gasteiger partial charge in [0.05, 0.1) is 24.8 Å². The van der Waals surface area contributed by atoms with Crippen molar-refractivity contribution in [2.45, 2.75) is 12.5 Å². The average molecular weight is 359 g/mol. The highest BCUT2D eigenvalue weighted by Gasteiger charge is 2.42. The van der Waals surface area contributed by atoms with E-state index in [0.29, 0.717) is 16.5 Å². The van der Waals surface area contributed by atoms with E-state index in [1.54, 1.807) is 30.1 Å². The highest BCUT2D eigenvalue weighted by Crippen LogP contribution is 2.38. The van der Waals surface area contributed by atoms with Crippen LogP contribution in [0, 0.1) is 5.92 Å². The second-order valence-corrected chi connectivity index (χ2v) is 6.44. The lowest BCUT2D eigenvalue weighted by Gasteiger charge is -2.25. The molecule has 6 heteroatoms. The molecule has 0 aliphatic carbocycles. The molecule has 25 heavy (non-hydrogen) atoms. The number of hydrogen-bond acceptors (Lipinski definition) is 3. The van der Waals surface area contributed by atoms with Gasteiger partial charge in [-0.1, -0.05) is 41.9 Å². The Morgan fingerprint density at radius 1 is 1.24 bits per heavy atom. The Kier molecular flexibility index (Phi) is 4.95. The first-order chi connectivity index (χ1) is 12.0. The van der Waals surface area contributed by atoms with Crippen LogP contribution < -0.4 is 10.1 Å². The van der Waals surface area contributed by atoms with Gasteiger partial charge in [0.25, 0.3) is 0 Å². The van der Waals surface area contributed by atoms with Crippen LogP contribution in [0.4, 0.5) is 5.69 Å². The molecule has 5 nitrogen and oxygen atoms in total. The number of carbonyl (C=O) groups excluding carboxylic acids is 2. The number of halogens is 1. The van der Waals surface area contributed by atoms with Gasteiger partial charge in [-0.25, -0.2) is 0 Å². The van der Waals surface area contributed by atoms with E-state index in [-0.39, 0.29) is 24.3 Å². The van der Waals surface area contributed by atoms with Crippen molar-refractivity contribution < 1.29 is 14.3 Å². The summed E-state index contributed by atoms with van der Waals surface area (Å²) in [6.45, 7) is 0. The van der Waals surface area contributed by atoms with Crippen LogP contribution in [-0.2, 0) is 9.59 Å². The maximum atomic E-state index is 12.9. The highest BCUT2D eigenvalue weighted by atomic mass is 35.5. The predicted molar refractivity (Wildman–Crippen MR) is 96.7 cm³/mol. The number of nitrogens with one attached hydrogen (secondary N) is 1. The third-order valence-corrected chi connectivity index (χ3v) is 4.72. The number of likely N-dealkylation sites (tertiary alicyclic amines) is 1. The fourth-order valence-electron chi connectivity index (χ4n) is 3.21. The van der Waals surface area contributed by atoms with Crippen molar-refractivity contribution in [2.24, 2.45) is 5.92 Å². The van der Waals surface area contributed by atoms with Crippen molar-refractivity contribution in [3.05, 3.63) is 59.1 Å². The first-order valence-electron chi connectivity index (χ1n) is 7.96. The van der Waals surface area contributed by atoms with Crippen molar-refractivity contribution in [3.63, 3.8) is 0 Å². The molecule has 2 atom stereocenters. The van der Waals surface area contributed by atoms with E-state index >= 15 is 0 Å². The van der Waals surface area contributed by atoms with E-state index in [1.165, 1.54) is 7.11 Å². The molecule has 130 valence electrons. The molecule has 0 unspecified atom stereocenters. The molecule has 2 aromatic carbocycles. The van der Waals surface area contributed by atoms with E-state index in [2.05, 4.69) is 5.32 Å². The monoisotopic (exact) mass is 358 g/mol. The number of ether oxygens (including phenoxy) is 1. The predicted octanol–water partition coefficient (Wildman–Crippen LogP) is 3.51. The Morgan fingerprint density at radius 2 is 1.96 bits per heavy atom. The Balaban J connectivity index is 1.88. The van der Waals surface area contributed by atoms with Crippen LogP contribution in [-0.4, -0.2) is 30.9 Å². The molecule has 0 saturated carbocycles. The maximum absolute atomic E-state index is 12.9. The minimum atomic E-state index is -0.483. The highest BCUT2D eigenvalue weighted by molar-refractivity contribution is 6.31. The number of anilines is 1. The van der Waals surface area contributed by atoms with Crippen LogP contribution in [0.1, 0.15) is 18.0 Å². The summed E-state index contributed by atoms with van der Waals surface area (Å²) in [6, 6.07) is 14.3. The molecule has 1 heterocycles. The summed E-state index contributed by atoms with van der Waals surface area (Å²) in [5, 5.41) is 3.35. The van der Waals surface area contributed by atoms with Crippen LogP contribution in [0.2, 0.25) is 5.02 Å². The number of hydrogen-bond donors (Lipinski definition) is 1. The van der Waals surface area contributed by atoms with E-state index in [1.807, 2.05) is 30.3 Å². The summed E-state index contributed by atoms with van der Waals surface area (Å²) < 4.78 is 5.27. The molecule has 3 rings (SSSR count). The van der Waals surface area contributed by atoms with E-state index in [0.717, 1.165) is 5.56 Å². The molecule has 2 aromatic rings. The third-order valence-electron chi connectivity index (χ3n) is 4.48. The quantitative estimate of drug-likeness (QED) is 0.909. The summed E-state index contributed by atoms with van der Waals surface area (Å²) in [6.07, 6.45) is 0.171. The number of nitrogens with zero attached hydrogens (tertiary/aromatic N) is 1. The maximum Gasteiger partial charge on any atom is 0.230 e. The summed E-state index contributed by atoms with van der Waals surface area (Å²) in [5.74, 6) is -0.241. The molecular formula is C19H19ClN2O3. The lowest BCUT2D eigenvalue weighted by molar-refractivity contribution is -0.127. The van der Waals surface area contributed by atoms with Gasteiger partial charge >= 0.3 is 0 Å². The van der Waals surface area contributed by atoms with Gasteiger partial charge in [0.1, 0.15) is 5.75 Å². The Hall–Kier alpha value is -2.53. The molecule has 0 bridgehead atoms. The van der Waals surface area contributed by atoms with Crippen molar-refractivity contribution in [2.75, 3.05) is 19.5 Å². The molecular weight excluding hydrogens is 340 g/mol. The number of rotatable bonds is 4. The molecule has 0 spiro atoms. The van der Waals surface area contributed by atoms with Crippen LogP contribution in [0.25, 0.3) is 0 Å². The lowest BCUT2D eigenvalue weighted by atomic mass is 9.93. The van der Waals surface area contributed by atoms with Gasteiger partial charge in [0, 0.05) is 18.5 Å². The molecule has 2 amide bonds. The van der Waals surface area contributed by atoms with Crippen molar-refractivity contribution in [3.8, 4) is 5.75 Å². The normalized spacial score (nSPS) is 19.8. The summed E-state index contributed by atoms with van der Waals surface area (Å²) in [4.78, 5) is 26.7. The largest absolute Gasteiger partial charge is 0.495 e. The minimum Gasteiger partial charge on any atom is -0.495 e. The fraction of sp³-hybridized carbons (Fsp3) is 0.263.